The van der Waals surface area contributed by atoms with Gasteiger partial charge in [-0.25, -0.2) is 9.18 Å². The molecule has 2 heterocycles. The number of carbonyl (C=O) groups is 3. The normalized spacial score (nSPS) is 21.3. The maximum Gasteiger partial charge on any atom is 0.322 e. The van der Waals surface area contributed by atoms with Gasteiger partial charge in [0.1, 0.15) is 11.9 Å². The van der Waals surface area contributed by atoms with Crippen molar-refractivity contribution in [1.29, 1.82) is 0 Å². The van der Waals surface area contributed by atoms with Crippen LogP contribution in [0.4, 0.5) is 14.9 Å². The van der Waals surface area contributed by atoms with E-state index in [9.17, 15) is 18.8 Å². The summed E-state index contributed by atoms with van der Waals surface area (Å²) in [5.41, 5.74) is 0.924. The van der Waals surface area contributed by atoms with Crippen molar-refractivity contribution in [2.24, 2.45) is 0 Å². The van der Waals surface area contributed by atoms with Crippen LogP contribution in [0, 0.1) is 5.82 Å². The highest BCUT2D eigenvalue weighted by Crippen LogP contribution is 2.17. The van der Waals surface area contributed by atoms with Gasteiger partial charge in [-0.3, -0.25) is 14.9 Å². The predicted octanol–water partition coefficient (Wildman–Crippen LogP) is 0.463. The summed E-state index contributed by atoms with van der Waals surface area (Å²) in [4.78, 5) is 38.8. The predicted molar refractivity (Wildman–Crippen MR) is 84.9 cm³/mol. The molecule has 0 bridgehead atoms. The molecule has 0 aromatic heterocycles. The molecule has 2 aliphatic heterocycles. The number of benzene rings is 1. The summed E-state index contributed by atoms with van der Waals surface area (Å²) in [6, 6.07) is 4.95. The number of hydrogen-bond donors (Lipinski definition) is 2. The molecule has 7 nitrogen and oxygen atoms in total. The van der Waals surface area contributed by atoms with Crippen molar-refractivity contribution in [3.8, 4) is 0 Å². The zero-order valence-corrected chi connectivity index (χ0v) is 13.1. The maximum absolute atomic E-state index is 13.0. The molecule has 1 unspecified atom stereocenters. The van der Waals surface area contributed by atoms with Gasteiger partial charge in [-0.05, 0) is 30.7 Å². The van der Waals surface area contributed by atoms with Gasteiger partial charge in [0.2, 0.25) is 5.91 Å². The standard InChI is InChI=1S/C16H19FN4O3/c17-11-2-4-12(5-3-11)20-6-1-7-21(9-8-20)14(22)10-13-15(23)19-16(24)18-13/h2-5,13H,1,6-10H2,(H2,18,19,23,24). The van der Waals surface area contributed by atoms with E-state index in [4.69, 9.17) is 0 Å². The summed E-state index contributed by atoms with van der Waals surface area (Å²) in [6.45, 7) is 2.54. The molecule has 1 aromatic carbocycles. The Morgan fingerprint density at radius 1 is 1.12 bits per heavy atom. The first-order valence-corrected chi connectivity index (χ1v) is 7.92. The average molecular weight is 334 g/mol. The fourth-order valence-electron chi connectivity index (χ4n) is 2.98. The van der Waals surface area contributed by atoms with E-state index >= 15 is 0 Å². The third-order valence-electron chi connectivity index (χ3n) is 4.28. The van der Waals surface area contributed by atoms with Crippen molar-refractivity contribution in [1.82, 2.24) is 15.5 Å². The first-order chi connectivity index (χ1) is 11.5. The van der Waals surface area contributed by atoms with Gasteiger partial charge in [-0.15, -0.1) is 0 Å². The fourth-order valence-corrected chi connectivity index (χ4v) is 2.98. The molecule has 128 valence electrons. The first kappa shape index (κ1) is 16.2. The molecule has 0 saturated carbocycles. The topological polar surface area (TPSA) is 81.8 Å². The molecule has 2 N–H and O–H groups in total. The van der Waals surface area contributed by atoms with Gasteiger partial charge in [0.25, 0.3) is 5.91 Å². The summed E-state index contributed by atoms with van der Waals surface area (Å²) in [6.07, 6.45) is 0.750. The number of nitrogens with zero attached hydrogens (tertiary/aromatic N) is 2. The van der Waals surface area contributed by atoms with Crippen LogP contribution in [0.5, 0.6) is 0 Å². The summed E-state index contributed by atoms with van der Waals surface area (Å²) in [5.74, 6) is -0.892. The molecule has 2 fully saturated rings. The van der Waals surface area contributed by atoms with E-state index in [1.165, 1.54) is 12.1 Å². The van der Waals surface area contributed by atoms with Gasteiger partial charge in [0.05, 0.1) is 6.42 Å². The second-order valence-corrected chi connectivity index (χ2v) is 5.92. The van der Waals surface area contributed by atoms with Crippen molar-refractivity contribution in [2.75, 3.05) is 31.1 Å². The molecule has 4 amide bonds. The van der Waals surface area contributed by atoms with Crippen LogP contribution < -0.4 is 15.5 Å². The Bertz CT molecular complexity index is 649. The Kier molecular flexibility index (Phi) is 4.64. The van der Waals surface area contributed by atoms with Gasteiger partial charge >= 0.3 is 6.03 Å². The van der Waals surface area contributed by atoms with Crippen LogP contribution in [-0.2, 0) is 9.59 Å². The van der Waals surface area contributed by atoms with Crippen LogP contribution in [0.15, 0.2) is 24.3 Å². The lowest BCUT2D eigenvalue weighted by molar-refractivity contribution is -0.133. The van der Waals surface area contributed by atoms with Crippen LogP contribution in [0.3, 0.4) is 0 Å². The summed E-state index contributed by atoms with van der Waals surface area (Å²) in [5, 5.41) is 4.56. The van der Waals surface area contributed by atoms with Gasteiger partial charge in [0.15, 0.2) is 0 Å². The lowest BCUT2D eigenvalue weighted by Crippen LogP contribution is -2.40. The second-order valence-electron chi connectivity index (χ2n) is 5.92. The molecule has 0 radical (unpaired) electrons. The van der Waals surface area contributed by atoms with Gasteiger partial charge < -0.3 is 15.1 Å². The Balaban J connectivity index is 1.57. The van der Waals surface area contributed by atoms with Gasteiger partial charge in [-0.1, -0.05) is 0 Å². The zero-order chi connectivity index (χ0) is 17.1. The minimum Gasteiger partial charge on any atom is -0.370 e. The Morgan fingerprint density at radius 3 is 2.54 bits per heavy atom. The Hall–Kier alpha value is -2.64. The monoisotopic (exact) mass is 334 g/mol. The minimum atomic E-state index is -0.790. The van der Waals surface area contributed by atoms with Gasteiger partial charge in [-0.2, -0.15) is 0 Å². The molecule has 2 saturated heterocycles. The number of carbonyl (C=O) groups excluding carboxylic acids is 3. The summed E-state index contributed by atoms with van der Waals surface area (Å²) < 4.78 is 13.0. The molecule has 1 aromatic rings. The number of urea groups is 1. The molecular formula is C16H19FN4O3. The molecule has 3 rings (SSSR count). The van der Waals surface area contributed by atoms with Crippen molar-refractivity contribution < 1.29 is 18.8 Å². The highest BCUT2D eigenvalue weighted by atomic mass is 19.1. The van der Waals surface area contributed by atoms with E-state index in [1.807, 2.05) is 0 Å². The second kappa shape index (κ2) is 6.86. The lowest BCUT2D eigenvalue weighted by Gasteiger charge is -2.24. The van der Waals surface area contributed by atoms with Crippen LogP contribution >= 0.6 is 0 Å². The largest absolute Gasteiger partial charge is 0.370 e. The van der Waals surface area contributed by atoms with E-state index in [1.54, 1.807) is 17.0 Å². The highest BCUT2D eigenvalue weighted by molar-refractivity contribution is 6.05. The van der Waals surface area contributed by atoms with Crippen molar-refractivity contribution >= 4 is 23.5 Å². The number of rotatable bonds is 3. The number of nitrogens with one attached hydrogen (secondary N) is 2. The van der Waals surface area contributed by atoms with E-state index in [2.05, 4.69) is 15.5 Å². The fraction of sp³-hybridized carbons (Fsp3) is 0.438. The Labute approximate surface area is 138 Å². The zero-order valence-electron chi connectivity index (χ0n) is 13.1. The highest BCUT2D eigenvalue weighted by Gasteiger charge is 2.33. The quantitative estimate of drug-likeness (QED) is 0.787. The maximum atomic E-state index is 13.0. The number of imide groups is 1. The third kappa shape index (κ3) is 3.64. The third-order valence-corrected chi connectivity index (χ3v) is 4.28. The lowest BCUT2D eigenvalue weighted by atomic mass is 10.2. The number of hydrogen-bond acceptors (Lipinski definition) is 4. The first-order valence-electron chi connectivity index (χ1n) is 7.92. The molecular weight excluding hydrogens is 315 g/mol. The number of amides is 4. The van der Waals surface area contributed by atoms with Crippen LogP contribution in [0.2, 0.25) is 0 Å². The van der Waals surface area contributed by atoms with Crippen LogP contribution in [0.1, 0.15) is 12.8 Å². The average Bonchev–Trinajstić information content (AvgIpc) is 2.76. The molecule has 8 heteroatoms. The van der Waals surface area contributed by atoms with E-state index in [0.717, 1.165) is 18.7 Å². The molecule has 1 atom stereocenters. The molecule has 24 heavy (non-hydrogen) atoms. The van der Waals surface area contributed by atoms with E-state index < -0.39 is 18.0 Å². The SMILES string of the molecule is O=C1NC(=O)C(CC(=O)N2CCCN(c3ccc(F)cc3)CC2)N1. The summed E-state index contributed by atoms with van der Waals surface area (Å²) >= 11 is 0. The number of halogens is 1. The minimum absolute atomic E-state index is 0.0336. The molecule has 0 aliphatic carbocycles. The van der Waals surface area contributed by atoms with Crippen LogP contribution in [-0.4, -0.2) is 55.0 Å². The molecule has 2 aliphatic rings. The van der Waals surface area contributed by atoms with Crippen LogP contribution in [0.25, 0.3) is 0 Å². The number of anilines is 1. The van der Waals surface area contributed by atoms with Crippen molar-refractivity contribution in [3.63, 3.8) is 0 Å². The van der Waals surface area contributed by atoms with Gasteiger partial charge in [0, 0.05) is 31.9 Å². The van der Waals surface area contributed by atoms with Crippen molar-refractivity contribution in [2.45, 2.75) is 18.9 Å². The summed E-state index contributed by atoms with van der Waals surface area (Å²) in [7, 11) is 0. The van der Waals surface area contributed by atoms with E-state index in [-0.39, 0.29) is 18.1 Å². The smallest absolute Gasteiger partial charge is 0.322 e. The molecule has 0 spiro atoms. The van der Waals surface area contributed by atoms with Crippen molar-refractivity contribution in [3.05, 3.63) is 30.1 Å². The van der Waals surface area contributed by atoms with E-state index in [0.29, 0.717) is 19.6 Å². The Morgan fingerprint density at radius 2 is 1.88 bits per heavy atom.